The van der Waals surface area contributed by atoms with Crippen molar-refractivity contribution in [2.45, 2.75) is 26.0 Å². The molecule has 0 spiro atoms. The quantitative estimate of drug-likeness (QED) is 0.840. The first-order valence-electron chi connectivity index (χ1n) is 4.82. The van der Waals surface area contributed by atoms with Crippen LogP contribution in [0, 0.1) is 11.7 Å². The van der Waals surface area contributed by atoms with E-state index < -0.39 is 18.0 Å². The van der Waals surface area contributed by atoms with Gasteiger partial charge >= 0.3 is 0 Å². The lowest BCUT2D eigenvalue weighted by Gasteiger charge is -2.23. The van der Waals surface area contributed by atoms with Gasteiger partial charge in [-0.05, 0) is 18.1 Å². The van der Waals surface area contributed by atoms with Crippen molar-refractivity contribution in [2.24, 2.45) is 11.7 Å². The van der Waals surface area contributed by atoms with Crippen LogP contribution >= 0.6 is 11.6 Å². The fraction of sp³-hybridized carbons (Fsp3) is 0.455. The average molecular weight is 232 g/mol. The van der Waals surface area contributed by atoms with Crippen molar-refractivity contribution in [2.75, 3.05) is 0 Å². The van der Waals surface area contributed by atoms with Gasteiger partial charge in [-0.2, -0.15) is 0 Å². The van der Waals surface area contributed by atoms with E-state index in [1.165, 1.54) is 12.1 Å². The van der Waals surface area contributed by atoms with Crippen LogP contribution in [0.5, 0.6) is 0 Å². The number of nitrogens with two attached hydrogens (primary N) is 1. The van der Waals surface area contributed by atoms with Crippen LogP contribution in [0.25, 0.3) is 0 Å². The molecule has 1 rings (SSSR count). The molecule has 4 heteroatoms. The van der Waals surface area contributed by atoms with E-state index in [9.17, 15) is 9.50 Å². The second-order valence-corrected chi connectivity index (χ2v) is 4.30. The predicted octanol–water partition coefficient (Wildman–Crippen LogP) is 2.50. The molecule has 0 saturated carbocycles. The van der Waals surface area contributed by atoms with Crippen LogP contribution in [0.4, 0.5) is 4.39 Å². The van der Waals surface area contributed by atoms with Gasteiger partial charge in [-0.25, -0.2) is 4.39 Å². The molecule has 15 heavy (non-hydrogen) atoms. The highest BCUT2D eigenvalue weighted by atomic mass is 35.5. The lowest BCUT2D eigenvalue weighted by molar-refractivity contribution is 0.0967. The lowest BCUT2D eigenvalue weighted by Crippen LogP contribution is -2.31. The number of aliphatic hydroxyl groups excluding tert-OH is 1. The van der Waals surface area contributed by atoms with Gasteiger partial charge in [-0.1, -0.05) is 31.5 Å². The van der Waals surface area contributed by atoms with Crippen molar-refractivity contribution in [1.29, 1.82) is 0 Å². The van der Waals surface area contributed by atoms with Crippen LogP contribution in [0.2, 0.25) is 5.02 Å². The molecule has 0 aliphatic carbocycles. The molecule has 0 heterocycles. The summed E-state index contributed by atoms with van der Waals surface area (Å²) in [5, 5.41) is 10.00. The normalized spacial score (nSPS) is 15.4. The Bertz CT molecular complexity index is 323. The molecule has 2 nitrogen and oxygen atoms in total. The first-order chi connectivity index (χ1) is 6.95. The van der Waals surface area contributed by atoms with Gasteiger partial charge in [0.15, 0.2) is 0 Å². The van der Waals surface area contributed by atoms with Crippen molar-refractivity contribution in [3.05, 3.63) is 34.6 Å². The summed E-state index contributed by atoms with van der Waals surface area (Å²) in [5.41, 5.74) is 5.95. The SMILES string of the molecule is CC(C)[C@H](O)[C@H](N)c1c(F)cccc1Cl. The van der Waals surface area contributed by atoms with Crippen molar-refractivity contribution >= 4 is 11.6 Å². The van der Waals surface area contributed by atoms with E-state index >= 15 is 0 Å². The Labute approximate surface area is 93.9 Å². The highest BCUT2D eigenvalue weighted by Crippen LogP contribution is 2.28. The van der Waals surface area contributed by atoms with Gasteiger partial charge in [-0.15, -0.1) is 0 Å². The Morgan fingerprint density at radius 2 is 2.00 bits per heavy atom. The van der Waals surface area contributed by atoms with E-state index in [0.717, 1.165) is 0 Å². The summed E-state index contributed by atoms with van der Waals surface area (Å²) < 4.78 is 13.4. The van der Waals surface area contributed by atoms with Crippen molar-refractivity contribution in [1.82, 2.24) is 0 Å². The van der Waals surface area contributed by atoms with E-state index in [4.69, 9.17) is 17.3 Å². The van der Waals surface area contributed by atoms with E-state index in [-0.39, 0.29) is 16.5 Å². The van der Waals surface area contributed by atoms with Gasteiger partial charge in [0.1, 0.15) is 5.82 Å². The molecule has 3 N–H and O–H groups in total. The van der Waals surface area contributed by atoms with E-state index in [1.54, 1.807) is 6.07 Å². The maximum atomic E-state index is 13.4. The second kappa shape index (κ2) is 4.92. The van der Waals surface area contributed by atoms with Gasteiger partial charge in [0.2, 0.25) is 0 Å². The Morgan fingerprint density at radius 3 is 2.47 bits per heavy atom. The fourth-order valence-electron chi connectivity index (χ4n) is 1.41. The maximum Gasteiger partial charge on any atom is 0.129 e. The molecule has 2 atom stereocenters. The van der Waals surface area contributed by atoms with Crippen molar-refractivity contribution in [3.63, 3.8) is 0 Å². The number of rotatable bonds is 3. The summed E-state index contributed by atoms with van der Waals surface area (Å²) in [4.78, 5) is 0. The Hall–Kier alpha value is -0.640. The number of halogens is 2. The standard InChI is InChI=1S/C11H15ClFNO/c1-6(2)11(15)10(14)9-7(12)4-3-5-8(9)13/h3-6,10-11,15H,14H2,1-2H3/t10-,11+/m1/s1. The van der Waals surface area contributed by atoms with Crippen LogP contribution < -0.4 is 5.73 Å². The number of aliphatic hydroxyl groups is 1. The Balaban J connectivity index is 3.05. The molecule has 0 aromatic heterocycles. The average Bonchev–Trinajstić information content (AvgIpc) is 2.15. The van der Waals surface area contributed by atoms with Gasteiger partial charge < -0.3 is 10.8 Å². The summed E-state index contributed by atoms with van der Waals surface area (Å²) in [6.45, 7) is 3.64. The van der Waals surface area contributed by atoms with Crippen molar-refractivity contribution < 1.29 is 9.50 Å². The zero-order valence-electron chi connectivity index (χ0n) is 8.74. The zero-order valence-corrected chi connectivity index (χ0v) is 9.50. The summed E-state index contributed by atoms with van der Waals surface area (Å²) in [6.07, 6.45) is -0.806. The summed E-state index contributed by atoms with van der Waals surface area (Å²) in [5.74, 6) is -0.523. The highest BCUT2D eigenvalue weighted by Gasteiger charge is 2.24. The van der Waals surface area contributed by atoms with Gasteiger partial charge in [0, 0.05) is 10.6 Å². The topological polar surface area (TPSA) is 46.2 Å². The first kappa shape index (κ1) is 12.4. The summed E-state index contributed by atoms with van der Waals surface area (Å²) in [6, 6.07) is 3.56. The molecule has 0 aliphatic rings. The van der Waals surface area contributed by atoms with Crippen LogP contribution in [0.15, 0.2) is 18.2 Å². The monoisotopic (exact) mass is 231 g/mol. The molecular weight excluding hydrogens is 217 g/mol. The first-order valence-corrected chi connectivity index (χ1v) is 5.20. The smallest absolute Gasteiger partial charge is 0.129 e. The minimum Gasteiger partial charge on any atom is -0.391 e. The van der Waals surface area contributed by atoms with Crippen LogP contribution in [-0.4, -0.2) is 11.2 Å². The molecule has 0 bridgehead atoms. The summed E-state index contributed by atoms with van der Waals surface area (Å²) in [7, 11) is 0. The van der Waals surface area contributed by atoms with Crippen molar-refractivity contribution in [3.8, 4) is 0 Å². The van der Waals surface area contributed by atoms with Gasteiger partial charge in [-0.3, -0.25) is 0 Å². The highest BCUT2D eigenvalue weighted by molar-refractivity contribution is 6.31. The minimum atomic E-state index is -0.806. The van der Waals surface area contributed by atoms with E-state index in [1.807, 2.05) is 13.8 Å². The molecule has 0 aliphatic heterocycles. The molecular formula is C11H15ClFNO. The third-order valence-corrected chi connectivity index (χ3v) is 2.71. The molecule has 0 fully saturated rings. The zero-order chi connectivity index (χ0) is 11.6. The third-order valence-electron chi connectivity index (χ3n) is 2.38. The van der Waals surface area contributed by atoms with Gasteiger partial charge in [0.05, 0.1) is 12.1 Å². The lowest BCUT2D eigenvalue weighted by atomic mass is 9.94. The third kappa shape index (κ3) is 2.68. The second-order valence-electron chi connectivity index (χ2n) is 3.90. The molecule has 1 aromatic carbocycles. The Morgan fingerprint density at radius 1 is 1.40 bits per heavy atom. The van der Waals surface area contributed by atoms with Crippen LogP contribution in [0.1, 0.15) is 25.5 Å². The molecule has 0 unspecified atom stereocenters. The summed E-state index contributed by atoms with van der Waals surface area (Å²) >= 11 is 5.84. The molecule has 1 aromatic rings. The van der Waals surface area contributed by atoms with E-state index in [0.29, 0.717) is 0 Å². The van der Waals surface area contributed by atoms with Crippen LogP contribution in [-0.2, 0) is 0 Å². The molecule has 0 saturated heterocycles. The largest absolute Gasteiger partial charge is 0.391 e. The predicted molar refractivity (Wildman–Crippen MR) is 59.2 cm³/mol. The molecule has 84 valence electrons. The van der Waals surface area contributed by atoms with E-state index in [2.05, 4.69) is 0 Å². The van der Waals surface area contributed by atoms with Gasteiger partial charge in [0.25, 0.3) is 0 Å². The van der Waals surface area contributed by atoms with Crippen LogP contribution in [0.3, 0.4) is 0 Å². The Kier molecular flexibility index (Phi) is 4.08. The molecule has 0 amide bonds. The maximum absolute atomic E-state index is 13.4. The molecule has 0 radical (unpaired) electrons. The number of hydrogen-bond donors (Lipinski definition) is 2. The number of hydrogen-bond acceptors (Lipinski definition) is 2. The fourth-order valence-corrected chi connectivity index (χ4v) is 1.70. The minimum absolute atomic E-state index is 0.0457. The number of benzene rings is 1.